The molecule has 6 nitrogen and oxygen atoms in total. The Balaban J connectivity index is 2.77. The number of rotatable bonds is 3. The number of amidine groups is 1. The number of furan rings is 1. The molecular formula is C9H13N3O3. The molecule has 1 amide bonds. The van der Waals surface area contributed by atoms with Crippen molar-refractivity contribution >= 4 is 11.7 Å². The molecule has 1 rings (SSSR count). The van der Waals surface area contributed by atoms with Gasteiger partial charge in [-0.25, -0.2) is 0 Å². The lowest BCUT2D eigenvalue weighted by Crippen LogP contribution is -2.43. The lowest BCUT2D eigenvalue weighted by atomic mass is 10.2. The molecular weight excluding hydrogens is 198 g/mol. The van der Waals surface area contributed by atoms with E-state index in [1.165, 1.54) is 11.2 Å². The maximum absolute atomic E-state index is 11.7. The van der Waals surface area contributed by atoms with E-state index < -0.39 is 6.04 Å². The normalized spacial score (nSPS) is 13.6. The van der Waals surface area contributed by atoms with Crippen LogP contribution in [0.3, 0.4) is 0 Å². The van der Waals surface area contributed by atoms with Crippen LogP contribution in [0.2, 0.25) is 0 Å². The molecule has 6 heteroatoms. The standard InChI is InChI=1S/C9H13N3O3/c1-6(8(10)11-14)12(2)9(13)7-4-3-5-15-7/h3-6,14H,1-2H3,(H2,10,11). The van der Waals surface area contributed by atoms with Gasteiger partial charge >= 0.3 is 0 Å². The largest absolute Gasteiger partial charge is 0.459 e. The van der Waals surface area contributed by atoms with E-state index in [1.807, 2.05) is 0 Å². The van der Waals surface area contributed by atoms with Crippen molar-refractivity contribution < 1.29 is 14.4 Å². The second-order valence-electron chi connectivity index (χ2n) is 3.09. The zero-order valence-electron chi connectivity index (χ0n) is 8.54. The molecule has 0 saturated carbocycles. The number of hydrogen-bond acceptors (Lipinski definition) is 4. The van der Waals surface area contributed by atoms with Crippen LogP contribution in [-0.2, 0) is 0 Å². The highest BCUT2D eigenvalue weighted by molar-refractivity contribution is 5.96. The van der Waals surface area contributed by atoms with Crippen molar-refractivity contribution in [2.75, 3.05) is 7.05 Å². The van der Waals surface area contributed by atoms with Crippen molar-refractivity contribution in [2.45, 2.75) is 13.0 Å². The van der Waals surface area contributed by atoms with Crippen LogP contribution in [0.4, 0.5) is 0 Å². The highest BCUT2D eigenvalue weighted by Gasteiger charge is 2.22. The van der Waals surface area contributed by atoms with Crippen LogP contribution in [0.15, 0.2) is 28.0 Å². The molecule has 1 atom stereocenters. The smallest absolute Gasteiger partial charge is 0.289 e. The minimum Gasteiger partial charge on any atom is -0.459 e. The summed E-state index contributed by atoms with van der Waals surface area (Å²) in [7, 11) is 1.55. The number of nitrogens with two attached hydrogens (primary N) is 1. The second-order valence-corrected chi connectivity index (χ2v) is 3.09. The fourth-order valence-electron chi connectivity index (χ4n) is 1.03. The average molecular weight is 211 g/mol. The summed E-state index contributed by atoms with van der Waals surface area (Å²) in [4.78, 5) is 13.0. The molecule has 3 N–H and O–H groups in total. The third-order valence-corrected chi connectivity index (χ3v) is 2.18. The van der Waals surface area contributed by atoms with E-state index >= 15 is 0 Å². The van der Waals surface area contributed by atoms with E-state index in [2.05, 4.69) is 5.16 Å². The first-order chi connectivity index (χ1) is 7.07. The van der Waals surface area contributed by atoms with Crippen molar-refractivity contribution in [2.24, 2.45) is 10.9 Å². The Bertz CT molecular complexity index is 359. The van der Waals surface area contributed by atoms with E-state index in [0.717, 1.165) is 0 Å². The van der Waals surface area contributed by atoms with E-state index in [-0.39, 0.29) is 17.5 Å². The Kier molecular flexibility index (Phi) is 3.33. The minimum absolute atomic E-state index is 0.0302. The molecule has 0 aromatic carbocycles. The Labute approximate surface area is 87.0 Å². The Morgan fingerprint density at radius 3 is 2.87 bits per heavy atom. The van der Waals surface area contributed by atoms with Gasteiger partial charge in [0.25, 0.3) is 5.91 Å². The number of amides is 1. The summed E-state index contributed by atoms with van der Waals surface area (Å²) in [5.74, 6) is -0.133. The molecule has 1 heterocycles. The van der Waals surface area contributed by atoms with Crippen molar-refractivity contribution in [3.05, 3.63) is 24.2 Å². The van der Waals surface area contributed by atoms with Crippen molar-refractivity contribution in [1.82, 2.24) is 4.90 Å². The summed E-state index contributed by atoms with van der Waals surface area (Å²) in [5, 5.41) is 11.3. The lowest BCUT2D eigenvalue weighted by Gasteiger charge is -2.22. The maximum atomic E-state index is 11.7. The van der Waals surface area contributed by atoms with Gasteiger partial charge in [-0.15, -0.1) is 0 Å². The minimum atomic E-state index is -0.493. The van der Waals surface area contributed by atoms with Gasteiger partial charge in [-0.3, -0.25) is 4.79 Å². The topological polar surface area (TPSA) is 92.1 Å². The van der Waals surface area contributed by atoms with Gasteiger partial charge in [-0.05, 0) is 19.1 Å². The fraction of sp³-hybridized carbons (Fsp3) is 0.333. The Hall–Kier alpha value is -1.98. The number of likely N-dealkylation sites (N-methyl/N-ethyl adjacent to an activating group) is 1. The van der Waals surface area contributed by atoms with Gasteiger partial charge in [0.15, 0.2) is 11.6 Å². The van der Waals surface area contributed by atoms with Gasteiger partial charge in [0.2, 0.25) is 0 Å². The van der Waals surface area contributed by atoms with Gasteiger partial charge in [-0.1, -0.05) is 5.16 Å². The molecule has 0 bridgehead atoms. The molecule has 0 spiro atoms. The van der Waals surface area contributed by atoms with Crippen LogP contribution in [0.5, 0.6) is 0 Å². The molecule has 0 aliphatic carbocycles. The summed E-state index contributed by atoms with van der Waals surface area (Å²) in [6.07, 6.45) is 1.41. The van der Waals surface area contributed by atoms with Crippen molar-refractivity contribution in [3.8, 4) is 0 Å². The average Bonchev–Trinajstić information content (AvgIpc) is 2.78. The van der Waals surface area contributed by atoms with Gasteiger partial charge in [0, 0.05) is 7.05 Å². The fourth-order valence-corrected chi connectivity index (χ4v) is 1.03. The molecule has 0 aliphatic rings. The quantitative estimate of drug-likeness (QED) is 0.329. The molecule has 1 aromatic rings. The van der Waals surface area contributed by atoms with Crippen LogP contribution in [0.25, 0.3) is 0 Å². The SMILES string of the molecule is CC(C(N)=NO)N(C)C(=O)c1ccco1. The number of carbonyl (C=O) groups is 1. The van der Waals surface area contributed by atoms with E-state index in [9.17, 15) is 4.79 Å². The predicted octanol–water partition coefficient (Wildman–Crippen LogP) is 0.486. The number of oxime groups is 1. The first kappa shape index (κ1) is 11.1. The lowest BCUT2D eigenvalue weighted by molar-refractivity contribution is 0.0744. The van der Waals surface area contributed by atoms with E-state index in [0.29, 0.717) is 0 Å². The van der Waals surface area contributed by atoms with Gasteiger partial charge in [0.05, 0.1) is 12.3 Å². The number of carbonyl (C=O) groups excluding carboxylic acids is 1. The first-order valence-electron chi connectivity index (χ1n) is 4.36. The molecule has 0 fully saturated rings. The molecule has 0 radical (unpaired) electrons. The molecule has 82 valence electrons. The van der Waals surface area contributed by atoms with Crippen LogP contribution in [0, 0.1) is 0 Å². The summed E-state index contributed by atoms with van der Waals surface area (Å²) in [6.45, 7) is 1.65. The summed E-state index contributed by atoms with van der Waals surface area (Å²) in [5.41, 5.74) is 5.38. The zero-order valence-corrected chi connectivity index (χ0v) is 8.54. The van der Waals surface area contributed by atoms with E-state index in [1.54, 1.807) is 26.1 Å². The molecule has 0 saturated heterocycles. The second kappa shape index (κ2) is 4.50. The molecule has 1 unspecified atom stereocenters. The van der Waals surface area contributed by atoms with Crippen LogP contribution >= 0.6 is 0 Å². The number of nitrogens with zero attached hydrogens (tertiary/aromatic N) is 2. The van der Waals surface area contributed by atoms with Crippen LogP contribution < -0.4 is 5.73 Å². The van der Waals surface area contributed by atoms with Gasteiger partial charge in [-0.2, -0.15) is 0 Å². The number of hydrogen-bond donors (Lipinski definition) is 2. The predicted molar refractivity (Wildman–Crippen MR) is 53.7 cm³/mol. The van der Waals surface area contributed by atoms with Gasteiger partial charge in [0.1, 0.15) is 0 Å². The van der Waals surface area contributed by atoms with Crippen LogP contribution in [0.1, 0.15) is 17.5 Å². The highest BCUT2D eigenvalue weighted by Crippen LogP contribution is 2.07. The summed E-state index contributed by atoms with van der Waals surface area (Å²) >= 11 is 0. The zero-order chi connectivity index (χ0) is 11.4. The van der Waals surface area contributed by atoms with Gasteiger partial charge < -0.3 is 20.3 Å². The van der Waals surface area contributed by atoms with Crippen molar-refractivity contribution in [3.63, 3.8) is 0 Å². The highest BCUT2D eigenvalue weighted by atomic mass is 16.4. The monoisotopic (exact) mass is 211 g/mol. The molecule has 15 heavy (non-hydrogen) atoms. The summed E-state index contributed by atoms with van der Waals surface area (Å²) < 4.78 is 4.95. The first-order valence-corrected chi connectivity index (χ1v) is 4.36. The summed E-state index contributed by atoms with van der Waals surface area (Å²) in [6, 6.07) is 2.68. The third kappa shape index (κ3) is 2.28. The molecule has 1 aromatic heterocycles. The Morgan fingerprint density at radius 1 is 1.73 bits per heavy atom. The molecule has 0 aliphatic heterocycles. The Morgan fingerprint density at radius 2 is 2.40 bits per heavy atom. The van der Waals surface area contributed by atoms with Crippen molar-refractivity contribution in [1.29, 1.82) is 0 Å². The maximum Gasteiger partial charge on any atom is 0.289 e. The van der Waals surface area contributed by atoms with E-state index in [4.69, 9.17) is 15.4 Å². The third-order valence-electron chi connectivity index (χ3n) is 2.18. The van der Waals surface area contributed by atoms with Crippen LogP contribution in [-0.4, -0.2) is 34.9 Å².